The van der Waals surface area contributed by atoms with Crippen molar-refractivity contribution in [3.8, 4) is 0 Å². The zero-order valence-corrected chi connectivity index (χ0v) is 8.40. The zero-order chi connectivity index (χ0) is 10.7. The molecule has 3 N–H and O–H groups in total. The number of aliphatic hydroxyl groups is 1. The minimum Gasteiger partial charge on any atom is -0.594 e. The molecule has 0 aromatic carbocycles. The zero-order valence-electron chi connectivity index (χ0n) is 7.64. The van der Waals surface area contributed by atoms with Crippen molar-refractivity contribution in [3.05, 3.63) is 17.2 Å². The van der Waals surface area contributed by atoms with Gasteiger partial charge in [-0.2, -0.15) is 5.23 Å². The summed E-state index contributed by atoms with van der Waals surface area (Å²) in [7, 11) is 0. The van der Waals surface area contributed by atoms with Crippen molar-refractivity contribution in [3.63, 3.8) is 0 Å². The normalized spacial score (nSPS) is 15.5. The Kier molecular flexibility index (Phi) is 3.85. The van der Waals surface area contributed by atoms with Crippen LogP contribution >= 0.6 is 11.6 Å². The van der Waals surface area contributed by atoms with Crippen molar-refractivity contribution in [2.75, 3.05) is 5.88 Å². The Morgan fingerprint density at radius 2 is 2.43 bits per heavy atom. The summed E-state index contributed by atoms with van der Waals surface area (Å²) in [6.07, 6.45) is 0.501. The molecule has 1 rings (SSSR count). The highest BCUT2D eigenvalue weighted by molar-refractivity contribution is 6.18. The number of alkyl halides is 1. The summed E-state index contributed by atoms with van der Waals surface area (Å²) in [5.74, 6) is 0.676. The quantitative estimate of drug-likeness (QED) is 0.459. The highest BCUT2D eigenvalue weighted by Crippen LogP contribution is 2.07. The van der Waals surface area contributed by atoms with Crippen LogP contribution in [0.2, 0.25) is 0 Å². The second kappa shape index (κ2) is 4.72. The maximum Gasteiger partial charge on any atom is 0.259 e. The number of aliphatic hydroxyl groups excluding tert-OH is 1. The van der Waals surface area contributed by atoms with E-state index in [1.165, 1.54) is 10.8 Å². The van der Waals surface area contributed by atoms with E-state index >= 15 is 0 Å². The molecule has 1 unspecified atom stereocenters. The van der Waals surface area contributed by atoms with Gasteiger partial charge in [-0.05, 0) is 6.92 Å². The van der Waals surface area contributed by atoms with E-state index in [9.17, 15) is 10.3 Å². The average molecular weight is 222 g/mol. The first kappa shape index (κ1) is 11.4. The van der Waals surface area contributed by atoms with Crippen LogP contribution in [0.25, 0.3) is 0 Å². The SMILES string of the molecule is Cc1ncc([NH+]([O-])O)n1C[C@H](O)CCl. The molecule has 0 saturated carbocycles. The number of hydrogen-bond donors (Lipinski definition) is 3. The molecule has 80 valence electrons. The van der Waals surface area contributed by atoms with E-state index in [4.69, 9.17) is 16.8 Å². The lowest BCUT2D eigenvalue weighted by molar-refractivity contribution is -0.994. The Bertz CT molecular complexity index is 302. The third-order valence-corrected chi connectivity index (χ3v) is 2.20. The minimum atomic E-state index is -1.06. The van der Waals surface area contributed by atoms with Crippen molar-refractivity contribution in [1.29, 1.82) is 0 Å². The molecule has 14 heavy (non-hydrogen) atoms. The van der Waals surface area contributed by atoms with Gasteiger partial charge in [0.05, 0.1) is 18.5 Å². The van der Waals surface area contributed by atoms with Crippen molar-refractivity contribution in [2.45, 2.75) is 19.6 Å². The van der Waals surface area contributed by atoms with Crippen LogP contribution in [-0.4, -0.2) is 31.8 Å². The van der Waals surface area contributed by atoms with Crippen LogP contribution in [0, 0.1) is 12.1 Å². The molecule has 6 nitrogen and oxygen atoms in total. The van der Waals surface area contributed by atoms with E-state index in [1.807, 2.05) is 0 Å². The van der Waals surface area contributed by atoms with Crippen LogP contribution in [0.15, 0.2) is 6.20 Å². The molecular weight excluding hydrogens is 210 g/mol. The fourth-order valence-electron chi connectivity index (χ4n) is 1.13. The van der Waals surface area contributed by atoms with E-state index < -0.39 is 11.3 Å². The molecule has 0 bridgehead atoms. The fourth-order valence-corrected chi connectivity index (χ4v) is 1.23. The van der Waals surface area contributed by atoms with Crippen LogP contribution in [-0.2, 0) is 6.54 Å². The molecule has 0 radical (unpaired) electrons. The molecular formula is C7H12ClN3O3. The van der Waals surface area contributed by atoms with Gasteiger partial charge in [0, 0.05) is 0 Å². The number of aromatic nitrogens is 2. The predicted octanol–water partition coefficient (Wildman–Crippen LogP) is -0.805. The van der Waals surface area contributed by atoms with Crippen LogP contribution in [0.5, 0.6) is 0 Å². The third-order valence-electron chi connectivity index (χ3n) is 1.85. The fraction of sp³-hybridized carbons (Fsp3) is 0.571. The standard InChI is InChI=1S/C7H12ClN3O3/c1-5-9-3-7(11(13)14)10(5)4-6(12)2-8/h3,6,11-13H,2,4H2,1H3/t6-/m1/s1. The van der Waals surface area contributed by atoms with Crippen LogP contribution in [0.4, 0.5) is 5.82 Å². The van der Waals surface area contributed by atoms with Gasteiger partial charge in [0.25, 0.3) is 5.82 Å². The van der Waals surface area contributed by atoms with Gasteiger partial charge in [0.15, 0.2) is 0 Å². The molecule has 7 heteroatoms. The van der Waals surface area contributed by atoms with E-state index in [1.54, 1.807) is 6.92 Å². The van der Waals surface area contributed by atoms with Crippen LogP contribution in [0.1, 0.15) is 5.82 Å². The van der Waals surface area contributed by atoms with E-state index in [0.29, 0.717) is 5.82 Å². The van der Waals surface area contributed by atoms with Crippen LogP contribution in [0.3, 0.4) is 0 Å². The maximum atomic E-state index is 10.7. The monoisotopic (exact) mass is 221 g/mol. The van der Waals surface area contributed by atoms with Gasteiger partial charge in [-0.25, -0.2) is 10.2 Å². The Morgan fingerprint density at radius 1 is 1.79 bits per heavy atom. The molecule has 0 fully saturated rings. The second-order valence-corrected chi connectivity index (χ2v) is 3.22. The summed E-state index contributed by atoms with van der Waals surface area (Å²) >= 11 is 5.42. The molecule has 0 saturated heterocycles. The van der Waals surface area contributed by atoms with Crippen molar-refractivity contribution >= 4 is 17.4 Å². The lowest BCUT2D eigenvalue weighted by Gasteiger charge is -2.16. The van der Waals surface area contributed by atoms with Gasteiger partial charge in [-0.15, -0.1) is 11.6 Å². The number of imidazole rings is 1. The number of aryl methyl sites for hydroxylation is 1. The molecule has 2 atom stereocenters. The van der Waals surface area contributed by atoms with Crippen molar-refractivity contribution < 1.29 is 15.5 Å². The first-order valence-corrected chi connectivity index (χ1v) is 4.59. The Hall–Kier alpha value is -0.660. The van der Waals surface area contributed by atoms with E-state index in [2.05, 4.69) is 4.98 Å². The second-order valence-electron chi connectivity index (χ2n) is 2.91. The number of nitrogens with one attached hydrogen (secondary N) is 1. The highest BCUT2D eigenvalue weighted by atomic mass is 35.5. The molecule has 1 aromatic rings. The topological polar surface area (TPSA) is 85.8 Å². The summed E-state index contributed by atoms with van der Waals surface area (Å²) in [4.78, 5) is 3.85. The largest absolute Gasteiger partial charge is 0.594 e. The van der Waals surface area contributed by atoms with E-state index in [0.717, 1.165) is 0 Å². The summed E-state index contributed by atoms with van der Waals surface area (Å²) in [5, 5.41) is 27.7. The van der Waals surface area contributed by atoms with Crippen molar-refractivity contribution in [1.82, 2.24) is 9.55 Å². The van der Waals surface area contributed by atoms with Gasteiger partial charge in [0.2, 0.25) is 0 Å². The Labute approximate surface area is 85.9 Å². The van der Waals surface area contributed by atoms with Crippen molar-refractivity contribution in [2.24, 2.45) is 0 Å². The smallest absolute Gasteiger partial charge is 0.259 e. The van der Waals surface area contributed by atoms with Gasteiger partial charge >= 0.3 is 0 Å². The van der Waals surface area contributed by atoms with E-state index in [-0.39, 0.29) is 18.2 Å². The highest BCUT2D eigenvalue weighted by Gasteiger charge is 2.15. The number of rotatable bonds is 4. The Morgan fingerprint density at radius 3 is 2.93 bits per heavy atom. The lowest BCUT2D eigenvalue weighted by atomic mass is 10.4. The number of quaternary nitrogens is 1. The van der Waals surface area contributed by atoms with Gasteiger partial charge in [-0.3, -0.25) is 4.57 Å². The summed E-state index contributed by atoms with van der Waals surface area (Å²) < 4.78 is 1.43. The summed E-state index contributed by atoms with van der Waals surface area (Å²) in [6.45, 7) is 1.82. The molecule has 0 aliphatic rings. The maximum absolute atomic E-state index is 10.7. The van der Waals surface area contributed by atoms with Gasteiger partial charge in [0.1, 0.15) is 12.0 Å². The lowest BCUT2D eigenvalue weighted by Crippen LogP contribution is -2.99. The molecule has 1 aromatic heterocycles. The third kappa shape index (κ3) is 2.43. The number of nitrogens with zero attached hydrogens (tertiary/aromatic N) is 2. The molecule has 0 spiro atoms. The number of hydrogen-bond acceptors (Lipinski definition) is 4. The van der Waals surface area contributed by atoms with Gasteiger partial charge in [-0.1, -0.05) is 0 Å². The molecule has 0 aliphatic heterocycles. The first-order chi connectivity index (χ1) is 6.56. The molecule has 1 heterocycles. The minimum absolute atomic E-state index is 0.0617. The molecule has 0 amide bonds. The predicted molar refractivity (Wildman–Crippen MR) is 49.5 cm³/mol. The molecule has 0 aliphatic carbocycles. The summed E-state index contributed by atoms with van der Waals surface area (Å²) in [5.41, 5.74) is 0. The van der Waals surface area contributed by atoms with Crippen LogP contribution < -0.4 is 5.23 Å². The Balaban J connectivity index is 2.88. The van der Waals surface area contributed by atoms with Gasteiger partial charge < -0.3 is 10.3 Å². The first-order valence-electron chi connectivity index (χ1n) is 4.05. The summed E-state index contributed by atoms with van der Waals surface area (Å²) in [6, 6.07) is 0. The number of halogens is 1. The average Bonchev–Trinajstić information content (AvgIpc) is 2.48.